The van der Waals surface area contributed by atoms with E-state index in [1.54, 1.807) is 12.1 Å². The Labute approximate surface area is 106 Å². The van der Waals surface area contributed by atoms with Crippen molar-refractivity contribution < 1.29 is 18.3 Å². The van der Waals surface area contributed by atoms with Crippen LogP contribution >= 0.6 is 27.3 Å². The fourth-order valence-corrected chi connectivity index (χ4v) is 3.61. The summed E-state index contributed by atoms with van der Waals surface area (Å²) < 4.78 is 23.2. The molecule has 1 rings (SSSR count). The van der Waals surface area contributed by atoms with Crippen LogP contribution in [0.4, 0.5) is 4.79 Å². The van der Waals surface area contributed by atoms with Crippen molar-refractivity contribution in [2.45, 2.75) is 6.04 Å². The van der Waals surface area contributed by atoms with Gasteiger partial charge in [0.2, 0.25) is 0 Å². The Bertz CT molecular complexity index is 482. The number of thiophene rings is 1. The molecular formula is C8H10BrNO4S2. The van der Waals surface area contributed by atoms with E-state index in [1.807, 2.05) is 0 Å². The molecular weight excluding hydrogens is 318 g/mol. The molecule has 8 heteroatoms. The Morgan fingerprint density at radius 1 is 1.62 bits per heavy atom. The van der Waals surface area contributed by atoms with Crippen molar-refractivity contribution in [2.75, 3.05) is 12.0 Å². The topological polar surface area (TPSA) is 83.5 Å². The zero-order chi connectivity index (χ0) is 12.3. The summed E-state index contributed by atoms with van der Waals surface area (Å²) in [5, 5.41) is 10.8. The van der Waals surface area contributed by atoms with Gasteiger partial charge in [0.1, 0.15) is 9.84 Å². The first-order valence-corrected chi connectivity index (χ1v) is 7.87. The first kappa shape index (κ1) is 13.5. The summed E-state index contributed by atoms with van der Waals surface area (Å²) in [6, 6.07) is 2.73. The van der Waals surface area contributed by atoms with E-state index < -0.39 is 22.0 Å². The van der Waals surface area contributed by atoms with Gasteiger partial charge in [-0.05, 0) is 28.1 Å². The molecule has 0 aliphatic heterocycles. The summed E-state index contributed by atoms with van der Waals surface area (Å²) in [6.07, 6.45) is -0.162. The molecule has 1 amide bonds. The van der Waals surface area contributed by atoms with Crippen LogP contribution in [0.1, 0.15) is 10.9 Å². The van der Waals surface area contributed by atoms with Crippen molar-refractivity contribution in [1.82, 2.24) is 5.32 Å². The van der Waals surface area contributed by atoms with Crippen molar-refractivity contribution in [1.29, 1.82) is 0 Å². The van der Waals surface area contributed by atoms with Crippen LogP contribution in [0, 0.1) is 0 Å². The van der Waals surface area contributed by atoms with Gasteiger partial charge in [-0.3, -0.25) is 0 Å². The van der Waals surface area contributed by atoms with Crippen LogP contribution in [0.5, 0.6) is 0 Å². The summed E-state index contributed by atoms with van der Waals surface area (Å²) in [6.45, 7) is 0. The number of sulfone groups is 1. The van der Waals surface area contributed by atoms with Crippen molar-refractivity contribution >= 4 is 43.2 Å². The lowest BCUT2D eigenvalue weighted by atomic mass is 10.3. The molecule has 5 nitrogen and oxygen atoms in total. The minimum atomic E-state index is -3.24. The lowest BCUT2D eigenvalue weighted by Gasteiger charge is -2.13. The SMILES string of the molecule is CS(=O)(=O)CC(NC(=O)O)c1ccc(Br)s1. The first-order chi connectivity index (χ1) is 7.28. The Morgan fingerprint density at radius 3 is 2.62 bits per heavy atom. The van der Waals surface area contributed by atoms with E-state index in [1.165, 1.54) is 11.3 Å². The highest BCUT2D eigenvalue weighted by atomic mass is 79.9. The molecule has 16 heavy (non-hydrogen) atoms. The highest BCUT2D eigenvalue weighted by Gasteiger charge is 2.20. The molecule has 0 aromatic carbocycles. The Morgan fingerprint density at radius 2 is 2.25 bits per heavy atom. The van der Waals surface area contributed by atoms with Crippen LogP contribution in [0.2, 0.25) is 0 Å². The maximum Gasteiger partial charge on any atom is 0.405 e. The predicted molar refractivity (Wildman–Crippen MR) is 65.6 cm³/mol. The summed E-state index contributed by atoms with van der Waals surface area (Å²) in [4.78, 5) is 11.2. The van der Waals surface area contributed by atoms with Gasteiger partial charge >= 0.3 is 6.09 Å². The number of amides is 1. The first-order valence-electron chi connectivity index (χ1n) is 4.20. The van der Waals surface area contributed by atoms with E-state index in [2.05, 4.69) is 21.2 Å². The number of hydrogen-bond acceptors (Lipinski definition) is 4. The molecule has 1 unspecified atom stereocenters. The van der Waals surface area contributed by atoms with Gasteiger partial charge in [-0.1, -0.05) is 0 Å². The molecule has 0 spiro atoms. The van der Waals surface area contributed by atoms with Crippen molar-refractivity contribution in [3.63, 3.8) is 0 Å². The molecule has 0 bridgehead atoms. The summed E-state index contributed by atoms with van der Waals surface area (Å²) in [7, 11) is -3.24. The van der Waals surface area contributed by atoms with Crippen LogP contribution in [-0.4, -0.2) is 31.6 Å². The van der Waals surface area contributed by atoms with Crippen molar-refractivity contribution in [3.05, 3.63) is 20.8 Å². The second-order valence-corrected chi connectivity index (χ2v) is 7.92. The fraction of sp³-hybridized carbons (Fsp3) is 0.375. The number of hydrogen-bond donors (Lipinski definition) is 2. The minimum Gasteiger partial charge on any atom is -0.465 e. The molecule has 1 aromatic rings. The van der Waals surface area contributed by atoms with Gasteiger partial charge < -0.3 is 10.4 Å². The van der Waals surface area contributed by atoms with Crippen LogP contribution in [0.25, 0.3) is 0 Å². The maximum atomic E-state index is 11.2. The Balaban J connectivity index is 2.91. The van der Waals surface area contributed by atoms with E-state index in [-0.39, 0.29) is 5.75 Å². The van der Waals surface area contributed by atoms with Gasteiger partial charge in [0.05, 0.1) is 15.6 Å². The zero-order valence-corrected chi connectivity index (χ0v) is 11.5. The molecule has 2 N–H and O–H groups in total. The van der Waals surface area contributed by atoms with E-state index >= 15 is 0 Å². The van der Waals surface area contributed by atoms with Crippen molar-refractivity contribution in [2.24, 2.45) is 0 Å². The van der Waals surface area contributed by atoms with Crippen LogP contribution < -0.4 is 5.32 Å². The Hall–Kier alpha value is -0.600. The number of nitrogens with one attached hydrogen (secondary N) is 1. The third kappa shape index (κ3) is 4.50. The van der Waals surface area contributed by atoms with E-state index in [9.17, 15) is 13.2 Å². The average molecular weight is 328 g/mol. The lowest BCUT2D eigenvalue weighted by molar-refractivity contribution is 0.191. The average Bonchev–Trinajstić information content (AvgIpc) is 2.47. The van der Waals surface area contributed by atoms with Gasteiger partial charge in [-0.25, -0.2) is 13.2 Å². The summed E-state index contributed by atoms with van der Waals surface area (Å²) in [5.41, 5.74) is 0. The number of carbonyl (C=O) groups is 1. The molecule has 0 saturated heterocycles. The van der Waals surface area contributed by atoms with E-state index in [4.69, 9.17) is 5.11 Å². The van der Waals surface area contributed by atoms with Crippen LogP contribution in [0.3, 0.4) is 0 Å². The highest BCUT2D eigenvalue weighted by molar-refractivity contribution is 9.11. The van der Waals surface area contributed by atoms with Crippen molar-refractivity contribution in [3.8, 4) is 0 Å². The highest BCUT2D eigenvalue weighted by Crippen LogP contribution is 2.28. The molecule has 0 aliphatic carbocycles. The predicted octanol–water partition coefficient (Wildman–Crippen LogP) is 1.86. The monoisotopic (exact) mass is 327 g/mol. The van der Waals surface area contributed by atoms with Gasteiger partial charge in [0.15, 0.2) is 0 Å². The second-order valence-electron chi connectivity index (χ2n) is 3.24. The van der Waals surface area contributed by atoms with E-state index in [0.29, 0.717) is 4.88 Å². The molecule has 1 heterocycles. The minimum absolute atomic E-state index is 0.244. The van der Waals surface area contributed by atoms with Gasteiger partial charge in [0.25, 0.3) is 0 Å². The van der Waals surface area contributed by atoms with Gasteiger partial charge in [0, 0.05) is 11.1 Å². The quantitative estimate of drug-likeness (QED) is 0.884. The number of carboxylic acid groups (broad SMARTS) is 1. The zero-order valence-electron chi connectivity index (χ0n) is 8.31. The molecule has 0 radical (unpaired) electrons. The third-order valence-corrected chi connectivity index (χ3v) is 4.38. The number of rotatable bonds is 4. The molecule has 1 aromatic heterocycles. The van der Waals surface area contributed by atoms with Gasteiger partial charge in [-0.15, -0.1) is 11.3 Å². The molecule has 0 saturated carbocycles. The molecule has 1 atom stereocenters. The molecule has 90 valence electrons. The maximum absolute atomic E-state index is 11.2. The molecule has 0 fully saturated rings. The van der Waals surface area contributed by atoms with Crippen LogP contribution in [0.15, 0.2) is 15.9 Å². The normalized spacial score (nSPS) is 13.4. The summed E-state index contributed by atoms with van der Waals surface area (Å²) >= 11 is 4.55. The van der Waals surface area contributed by atoms with Gasteiger partial charge in [-0.2, -0.15) is 0 Å². The lowest BCUT2D eigenvalue weighted by Crippen LogP contribution is -2.31. The Kier molecular flexibility index (Phi) is 4.34. The smallest absolute Gasteiger partial charge is 0.405 e. The largest absolute Gasteiger partial charge is 0.465 e. The fourth-order valence-electron chi connectivity index (χ4n) is 1.16. The van der Waals surface area contributed by atoms with Crippen LogP contribution in [-0.2, 0) is 9.84 Å². The third-order valence-electron chi connectivity index (χ3n) is 1.70. The number of halogens is 1. The second kappa shape index (κ2) is 5.15. The molecule has 0 aliphatic rings. The standard InChI is InChI=1S/C8H10BrNO4S2/c1-16(13,14)4-5(10-8(11)12)6-2-3-7(9)15-6/h2-3,5,10H,4H2,1H3,(H,11,12). The summed E-state index contributed by atoms with van der Waals surface area (Å²) in [5.74, 6) is -0.244. The van der Waals surface area contributed by atoms with E-state index in [0.717, 1.165) is 10.0 Å².